The van der Waals surface area contributed by atoms with Gasteiger partial charge in [-0.25, -0.2) is 0 Å². The largest absolute Gasteiger partial charge is 0.377 e. The Morgan fingerprint density at radius 3 is 2.28 bits per heavy atom. The Kier molecular flexibility index (Phi) is 7.82. The SMILES string of the molecule is CCNC(C)CCCCN1CC(OC)C(OC)C1. The van der Waals surface area contributed by atoms with Crippen molar-refractivity contribution in [1.29, 1.82) is 0 Å². The predicted octanol–water partition coefficient (Wildman–Crippen LogP) is 1.50. The van der Waals surface area contributed by atoms with Crippen LogP contribution in [0.4, 0.5) is 0 Å². The number of hydrogen-bond acceptors (Lipinski definition) is 4. The lowest BCUT2D eigenvalue weighted by Gasteiger charge is -2.16. The molecule has 3 unspecified atom stereocenters. The van der Waals surface area contributed by atoms with Gasteiger partial charge in [0.1, 0.15) is 0 Å². The van der Waals surface area contributed by atoms with E-state index < -0.39 is 0 Å². The van der Waals surface area contributed by atoms with E-state index in [9.17, 15) is 0 Å². The van der Waals surface area contributed by atoms with E-state index in [0.29, 0.717) is 6.04 Å². The number of nitrogens with one attached hydrogen (secondary N) is 1. The number of rotatable bonds is 9. The predicted molar refractivity (Wildman–Crippen MR) is 75.0 cm³/mol. The minimum atomic E-state index is 0.246. The van der Waals surface area contributed by atoms with E-state index in [2.05, 4.69) is 24.1 Å². The van der Waals surface area contributed by atoms with Crippen LogP contribution in [0.1, 0.15) is 33.1 Å². The molecule has 0 amide bonds. The molecule has 0 bridgehead atoms. The van der Waals surface area contributed by atoms with Gasteiger partial charge in [-0.15, -0.1) is 0 Å². The third-order valence-corrected chi connectivity index (χ3v) is 3.81. The minimum absolute atomic E-state index is 0.246. The second-order valence-electron chi connectivity index (χ2n) is 5.26. The molecule has 1 saturated heterocycles. The van der Waals surface area contributed by atoms with Crippen LogP contribution in [0.2, 0.25) is 0 Å². The van der Waals surface area contributed by atoms with Crippen LogP contribution in [0.15, 0.2) is 0 Å². The van der Waals surface area contributed by atoms with Crippen LogP contribution >= 0.6 is 0 Å². The quantitative estimate of drug-likeness (QED) is 0.636. The molecule has 1 aliphatic rings. The average molecular weight is 258 g/mol. The van der Waals surface area contributed by atoms with Gasteiger partial charge in [0.05, 0.1) is 12.2 Å². The Balaban J connectivity index is 2.10. The molecule has 108 valence electrons. The highest BCUT2D eigenvalue weighted by molar-refractivity contribution is 4.85. The van der Waals surface area contributed by atoms with Crippen LogP contribution in [0, 0.1) is 0 Å². The zero-order chi connectivity index (χ0) is 13.4. The lowest BCUT2D eigenvalue weighted by molar-refractivity contribution is -0.00461. The van der Waals surface area contributed by atoms with Crippen molar-refractivity contribution in [3.63, 3.8) is 0 Å². The topological polar surface area (TPSA) is 33.7 Å². The molecule has 4 nitrogen and oxygen atoms in total. The number of ether oxygens (including phenoxy) is 2. The summed E-state index contributed by atoms with van der Waals surface area (Å²) in [6.07, 6.45) is 4.32. The summed E-state index contributed by atoms with van der Waals surface area (Å²) >= 11 is 0. The number of likely N-dealkylation sites (tertiary alicyclic amines) is 1. The average Bonchev–Trinajstić information content (AvgIpc) is 2.77. The van der Waals surface area contributed by atoms with E-state index >= 15 is 0 Å². The van der Waals surface area contributed by atoms with Gasteiger partial charge in [-0.05, 0) is 32.9 Å². The Labute approximate surface area is 112 Å². The Morgan fingerprint density at radius 2 is 1.78 bits per heavy atom. The van der Waals surface area contributed by atoms with Gasteiger partial charge in [-0.2, -0.15) is 0 Å². The Hall–Kier alpha value is -0.160. The molecule has 4 heteroatoms. The number of unbranched alkanes of at least 4 members (excludes halogenated alkanes) is 1. The number of nitrogens with zero attached hydrogens (tertiary/aromatic N) is 1. The first-order valence-corrected chi connectivity index (χ1v) is 7.22. The molecule has 1 heterocycles. The first kappa shape index (κ1) is 15.9. The molecule has 0 radical (unpaired) electrons. The number of hydrogen-bond donors (Lipinski definition) is 1. The first-order valence-electron chi connectivity index (χ1n) is 7.22. The summed E-state index contributed by atoms with van der Waals surface area (Å²) in [7, 11) is 3.55. The maximum Gasteiger partial charge on any atom is 0.0971 e. The molecule has 1 fully saturated rings. The third-order valence-electron chi connectivity index (χ3n) is 3.81. The van der Waals surface area contributed by atoms with Crippen molar-refractivity contribution in [3.05, 3.63) is 0 Å². The number of methoxy groups -OCH3 is 2. The second-order valence-corrected chi connectivity index (χ2v) is 5.26. The van der Waals surface area contributed by atoms with Gasteiger partial charge in [0.2, 0.25) is 0 Å². The molecule has 0 aromatic heterocycles. The summed E-state index contributed by atoms with van der Waals surface area (Å²) < 4.78 is 10.9. The summed E-state index contributed by atoms with van der Waals surface area (Å²) in [6, 6.07) is 0.645. The van der Waals surface area contributed by atoms with E-state index in [1.165, 1.54) is 25.8 Å². The zero-order valence-corrected chi connectivity index (χ0v) is 12.4. The third kappa shape index (κ3) is 5.22. The Bertz CT molecular complexity index is 202. The molecule has 1 rings (SSSR count). The van der Waals surface area contributed by atoms with E-state index in [1.807, 2.05) is 0 Å². The highest BCUT2D eigenvalue weighted by atomic mass is 16.5. The van der Waals surface area contributed by atoms with Crippen molar-refractivity contribution in [1.82, 2.24) is 10.2 Å². The van der Waals surface area contributed by atoms with Gasteiger partial charge >= 0.3 is 0 Å². The molecular weight excluding hydrogens is 228 g/mol. The fourth-order valence-corrected chi connectivity index (χ4v) is 2.69. The molecule has 0 aromatic rings. The van der Waals surface area contributed by atoms with Crippen LogP contribution in [0.25, 0.3) is 0 Å². The van der Waals surface area contributed by atoms with Crippen molar-refractivity contribution in [3.8, 4) is 0 Å². The van der Waals surface area contributed by atoms with Gasteiger partial charge in [-0.3, -0.25) is 4.90 Å². The zero-order valence-electron chi connectivity index (χ0n) is 12.4. The fourth-order valence-electron chi connectivity index (χ4n) is 2.69. The maximum absolute atomic E-state index is 5.44. The smallest absolute Gasteiger partial charge is 0.0971 e. The summed E-state index contributed by atoms with van der Waals surface area (Å²) in [5.41, 5.74) is 0. The van der Waals surface area contributed by atoms with Gasteiger partial charge in [0.15, 0.2) is 0 Å². The first-order chi connectivity index (χ1) is 8.71. The normalized spacial score (nSPS) is 26.7. The summed E-state index contributed by atoms with van der Waals surface area (Å²) in [4.78, 5) is 2.46. The highest BCUT2D eigenvalue weighted by Gasteiger charge is 2.32. The molecule has 0 saturated carbocycles. The highest BCUT2D eigenvalue weighted by Crippen LogP contribution is 2.16. The van der Waals surface area contributed by atoms with Crippen LogP contribution < -0.4 is 5.32 Å². The molecule has 0 spiro atoms. The summed E-state index contributed by atoms with van der Waals surface area (Å²) in [5.74, 6) is 0. The maximum atomic E-state index is 5.44. The van der Waals surface area contributed by atoms with Gasteiger partial charge in [0.25, 0.3) is 0 Å². The van der Waals surface area contributed by atoms with Gasteiger partial charge in [0, 0.05) is 33.4 Å². The van der Waals surface area contributed by atoms with Gasteiger partial charge in [-0.1, -0.05) is 13.3 Å². The summed E-state index contributed by atoms with van der Waals surface area (Å²) in [6.45, 7) is 8.68. The van der Waals surface area contributed by atoms with Crippen LogP contribution in [0.5, 0.6) is 0 Å². The van der Waals surface area contributed by atoms with Crippen molar-refractivity contribution in [2.75, 3.05) is 40.4 Å². The molecular formula is C14H30N2O2. The summed E-state index contributed by atoms with van der Waals surface area (Å²) in [5, 5.41) is 3.45. The molecule has 3 atom stereocenters. The van der Waals surface area contributed by atoms with Crippen LogP contribution in [0.3, 0.4) is 0 Å². The van der Waals surface area contributed by atoms with Crippen LogP contribution in [-0.4, -0.2) is 63.5 Å². The molecule has 1 N–H and O–H groups in total. The lowest BCUT2D eigenvalue weighted by Crippen LogP contribution is -2.27. The van der Waals surface area contributed by atoms with Crippen LogP contribution in [-0.2, 0) is 9.47 Å². The molecule has 0 aliphatic carbocycles. The van der Waals surface area contributed by atoms with E-state index in [0.717, 1.165) is 19.6 Å². The monoisotopic (exact) mass is 258 g/mol. The van der Waals surface area contributed by atoms with Crippen molar-refractivity contribution in [2.45, 2.75) is 51.4 Å². The van der Waals surface area contributed by atoms with Crippen molar-refractivity contribution < 1.29 is 9.47 Å². The Morgan fingerprint density at radius 1 is 1.17 bits per heavy atom. The van der Waals surface area contributed by atoms with E-state index in [1.54, 1.807) is 14.2 Å². The second kappa shape index (κ2) is 8.86. The van der Waals surface area contributed by atoms with E-state index in [4.69, 9.17) is 9.47 Å². The van der Waals surface area contributed by atoms with Crippen molar-refractivity contribution >= 4 is 0 Å². The van der Waals surface area contributed by atoms with E-state index in [-0.39, 0.29) is 12.2 Å². The minimum Gasteiger partial charge on any atom is -0.377 e. The molecule has 1 aliphatic heterocycles. The molecule has 18 heavy (non-hydrogen) atoms. The standard InChI is InChI=1S/C14H30N2O2/c1-5-15-12(2)8-6-7-9-16-10-13(17-3)14(11-16)18-4/h12-15H,5-11H2,1-4H3. The lowest BCUT2D eigenvalue weighted by atomic mass is 10.1. The fraction of sp³-hybridized carbons (Fsp3) is 1.00. The van der Waals surface area contributed by atoms with Gasteiger partial charge < -0.3 is 14.8 Å². The van der Waals surface area contributed by atoms with Crippen molar-refractivity contribution in [2.24, 2.45) is 0 Å². The molecule has 0 aromatic carbocycles.